The Morgan fingerprint density at radius 1 is 1.28 bits per heavy atom. The number of rotatable bonds is 4. The van der Waals surface area contributed by atoms with Gasteiger partial charge in [-0.05, 0) is 25.1 Å². The van der Waals surface area contributed by atoms with Crippen molar-refractivity contribution in [1.29, 1.82) is 0 Å². The van der Waals surface area contributed by atoms with Gasteiger partial charge in [0.25, 0.3) is 0 Å². The Labute approximate surface area is 146 Å². The number of carbonyl (C=O) groups excluding carboxylic acids is 1. The molecule has 0 fully saturated rings. The van der Waals surface area contributed by atoms with Gasteiger partial charge in [0, 0.05) is 19.4 Å². The van der Waals surface area contributed by atoms with Gasteiger partial charge in [-0.25, -0.2) is 19.7 Å². The number of ether oxygens (including phenoxy) is 1. The van der Waals surface area contributed by atoms with Crippen LogP contribution in [0.25, 0.3) is 21.5 Å². The van der Waals surface area contributed by atoms with E-state index in [1.807, 2.05) is 17.7 Å². The number of hydrogen-bond acceptors (Lipinski definition) is 8. The Morgan fingerprint density at radius 2 is 2.12 bits per heavy atom. The summed E-state index contributed by atoms with van der Waals surface area (Å²) in [6.07, 6.45) is 3.24. The first-order valence-electron chi connectivity index (χ1n) is 7.64. The third kappa shape index (κ3) is 2.78. The number of benzene rings is 1. The number of aromatic nitrogens is 5. The number of nitrogens with one attached hydrogen (secondary N) is 1. The van der Waals surface area contributed by atoms with E-state index in [2.05, 4.69) is 25.3 Å². The fourth-order valence-corrected chi connectivity index (χ4v) is 3.24. The van der Waals surface area contributed by atoms with Gasteiger partial charge in [-0.2, -0.15) is 4.98 Å². The van der Waals surface area contributed by atoms with Crippen molar-refractivity contribution in [2.24, 2.45) is 7.05 Å². The second-order valence-electron chi connectivity index (χ2n) is 5.25. The van der Waals surface area contributed by atoms with E-state index in [0.29, 0.717) is 34.4 Å². The molecule has 0 spiro atoms. The molecule has 0 radical (unpaired) electrons. The van der Waals surface area contributed by atoms with Crippen molar-refractivity contribution >= 4 is 49.9 Å². The molecule has 0 bridgehead atoms. The molecule has 0 atom stereocenters. The standard InChI is InChI=1S/C16H14N6O2S/c1-3-24-14(23)9-4-5-11-10(8-9)19-15(22(11)2)21-16-20-12-13(25-16)18-7-6-17-12/h4-8H,3H2,1-2H3,(H,17,19,20,21). The van der Waals surface area contributed by atoms with Crippen molar-refractivity contribution in [3.8, 4) is 0 Å². The highest BCUT2D eigenvalue weighted by molar-refractivity contribution is 7.21. The maximum atomic E-state index is 11.9. The molecular formula is C16H14N6O2S. The van der Waals surface area contributed by atoms with Gasteiger partial charge in [0.1, 0.15) is 0 Å². The van der Waals surface area contributed by atoms with E-state index in [0.717, 1.165) is 10.3 Å². The Bertz CT molecular complexity index is 1050. The predicted octanol–water partition coefficient (Wildman–Crippen LogP) is 2.89. The van der Waals surface area contributed by atoms with Crippen LogP contribution in [-0.2, 0) is 11.8 Å². The van der Waals surface area contributed by atoms with Crippen molar-refractivity contribution < 1.29 is 9.53 Å². The van der Waals surface area contributed by atoms with E-state index >= 15 is 0 Å². The topological polar surface area (TPSA) is 94.8 Å². The number of nitrogens with zero attached hydrogens (tertiary/aromatic N) is 5. The Morgan fingerprint density at radius 3 is 2.92 bits per heavy atom. The quantitative estimate of drug-likeness (QED) is 0.563. The van der Waals surface area contributed by atoms with Gasteiger partial charge < -0.3 is 14.6 Å². The van der Waals surface area contributed by atoms with Gasteiger partial charge in [-0.15, -0.1) is 0 Å². The van der Waals surface area contributed by atoms with Crippen LogP contribution in [0.5, 0.6) is 0 Å². The monoisotopic (exact) mass is 354 g/mol. The zero-order valence-corrected chi connectivity index (χ0v) is 14.4. The van der Waals surface area contributed by atoms with Crippen molar-refractivity contribution in [2.75, 3.05) is 11.9 Å². The first-order valence-corrected chi connectivity index (χ1v) is 8.45. The zero-order valence-electron chi connectivity index (χ0n) is 13.6. The lowest BCUT2D eigenvalue weighted by atomic mass is 10.2. The molecule has 0 aliphatic heterocycles. The smallest absolute Gasteiger partial charge is 0.338 e. The number of esters is 1. The van der Waals surface area contributed by atoms with Crippen molar-refractivity contribution in [3.05, 3.63) is 36.2 Å². The number of imidazole rings is 1. The molecule has 1 N–H and O–H groups in total. The minimum atomic E-state index is -0.354. The van der Waals surface area contributed by atoms with Gasteiger partial charge >= 0.3 is 5.97 Å². The minimum Gasteiger partial charge on any atom is -0.462 e. The highest BCUT2D eigenvalue weighted by atomic mass is 32.1. The van der Waals surface area contributed by atoms with Crippen LogP contribution in [0.4, 0.5) is 11.1 Å². The maximum Gasteiger partial charge on any atom is 0.338 e. The van der Waals surface area contributed by atoms with Gasteiger partial charge in [0.2, 0.25) is 5.95 Å². The summed E-state index contributed by atoms with van der Waals surface area (Å²) in [7, 11) is 1.89. The lowest BCUT2D eigenvalue weighted by molar-refractivity contribution is 0.0526. The second kappa shape index (κ2) is 6.10. The highest BCUT2D eigenvalue weighted by Gasteiger charge is 2.14. The normalized spacial score (nSPS) is 11.1. The lowest BCUT2D eigenvalue weighted by Crippen LogP contribution is -2.04. The summed E-state index contributed by atoms with van der Waals surface area (Å²) in [5, 5.41) is 3.85. The van der Waals surface area contributed by atoms with E-state index in [-0.39, 0.29) is 5.97 Å². The van der Waals surface area contributed by atoms with Crippen LogP contribution >= 0.6 is 11.3 Å². The minimum absolute atomic E-state index is 0.339. The molecule has 3 aromatic heterocycles. The second-order valence-corrected chi connectivity index (χ2v) is 6.23. The summed E-state index contributed by atoms with van der Waals surface area (Å²) in [4.78, 5) is 30.0. The van der Waals surface area contributed by atoms with Crippen LogP contribution in [0.1, 0.15) is 17.3 Å². The maximum absolute atomic E-state index is 11.9. The van der Waals surface area contributed by atoms with E-state index in [1.165, 1.54) is 11.3 Å². The third-order valence-electron chi connectivity index (χ3n) is 3.66. The summed E-state index contributed by atoms with van der Waals surface area (Å²) >= 11 is 1.40. The predicted molar refractivity (Wildman–Crippen MR) is 95.2 cm³/mol. The Hall–Kier alpha value is -3.07. The van der Waals surface area contributed by atoms with E-state index < -0.39 is 0 Å². The molecule has 8 nitrogen and oxygen atoms in total. The first-order chi connectivity index (χ1) is 12.2. The van der Waals surface area contributed by atoms with E-state index in [1.54, 1.807) is 31.5 Å². The summed E-state index contributed by atoms with van der Waals surface area (Å²) < 4.78 is 6.93. The van der Waals surface area contributed by atoms with Gasteiger partial charge in [-0.3, -0.25) is 0 Å². The number of anilines is 2. The molecular weight excluding hydrogens is 340 g/mol. The van der Waals surface area contributed by atoms with E-state index in [4.69, 9.17) is 4.74 Å². The lowest BCUT2D eigenvalue weighted by Gasteiger charge is -2.02. The molecule has 3 heterocycles. The van der Waals surface area contributed by atoms with Crippen LogP contribution < -0.4 is 5.32 Å². The highest BCUT2D eigenvalue weighted by Crippen LogP contribution is 2.27. The molecule has 4 rings (SSSR count). The molecule has 0 saturated carbocycles. The largest absolute Gasteiger partial charge is 0.462 e. The number of aryl methyl sites for hydroxylation is 1. The van der Waals surface area contributed by atoms with Crippen LogP contribution in [0.3, 0.4) is 0 Å². The summed E-state index contributed by atoms with van der Waals surface area (Å²) in [5.41, 5.74) is 2.67. The number of thiazole rings is 1. The summed E-state index contributed by atoms with van der Waals surface area (Å²) in [6, 6.07) is 5.30. The number of hydrogen-bond donors (Lipinski definition) is 1. The van der Waals surface area contributed by atoms with Crippen molar-refractivity contribution in [3.63, 3.8) is 0 Å². The van der Waals surface area contributed by atoms with Crippen LogP contribution in [-0.4, -0.2) is 37.1 Å². The SMILES string of the molecule is CCOC(=O)c1ccc2c(c1)nc(Nc1nc3nccnc3s1)n2C. The van der Waals surface area contributed by atoms with Crippen LogP contribution in [0.2, 0.25) is 0 Å². The zero-order chi connectivity index (χ0) is 17.4. The van der Waals surface area contributed by atoms with E-state index in [9.17, 15) is 4.79 Å². The average molecular weight is 354 g/mol. The fourth-order valence-electron chi connectivity index (χ4n) is 2.48. The number of carbonyl (C=O) groups is 1. The third-order valence-corrected chi connectivity index (χ3v) is 4.53. The molecule has 126 valence electrons. The number of fused-ring (bicyclic) bond motifs is 2. The summed E-state index contributed by atoms with van der Waals surface area (Å²) in [5.74, 6) is 0.267. The van der Waals surface area contributed by atoms with Crippen molar-refractivity contribution in [2.45, 2.75) is 6.92 Å². The van der Waals surface area contributed by atoms with Crippen molar-refractivity contribution in [1.82, 2.24) is 24.5 Å². The van der Waals surface area contributed by atoms with Crippen LogP contribution in [0.15, 0.2) is 30.6 Å². The summed E-state index contributed by atoms with van der Waals surface area (Å²) in [6.45, 7) is 2.12. The van der Waals surface area contributed by atoms with Gasteiger partial charge in [-0.1, -0.05) is 11.3 Å². The molecule has 25 heavy (non-hydrogen) atoms. The van der Waals surface area contributed by atoms with Gasteiger partial charge in [0.05, 0.1) is 23.2 Å². The molecule has 0 amide bonds. The first kappa shape index (κ1) is 15.5. The van der Waals surface area contributed by atoms with Crippen LogP contribution in [0, 0.1) is 0 Å². The Kier molecular flexibility index (Phi) is 3.77. The average Bonchev–Trinajstić information content (AvgIpc) is 3.16. The molecule has 0 aliphatic carbocycles. The molecule has 9 heteroatoms. The molecule has 4 aromatic rings. The molecule has 0 aliphatic rings. The van der Waals surface area contributed by atoms with Gasteiger partial charge in [0.15, 0.2) is 15.6 Å². The molecule has 1 aromatic carbocycles. The molecule has 0 saturated heterocycles. The molecule has 0 unspecified atom stereocenters. The Balaban J connectivity index is 1.69. The fraction of sp³-hybridized carbons (Fsp3) is 0.188.